The molecule has 1 saturated heterocycles. The Labute approximate surface area is 178 Å². The van der Waals surface area contributed by atoms with Gasteiger partial charge in [0.1, 0.15) is 0 Å². The van der Waals surface area contributed by atoms with E-state index in [4.69, 9.17) is 11.6 Å². The highest BCUT2D eigenvalue weighted by molar-refractivity contribution is 6.35. The number of fused-ring (bicyclic) bond motifs is 2. The number of aromatic nitrogens is 4. The van der Waals surface area contributed by atoms with E-state index in [0.717, 1.165) is 29.9 Å². The summed E-state index contributed by atoms with van der Waals surface area (Å²) in [5, 5.41) is 4.87. The average Bonchev–Trinajstić information content (AvgIpc) is 3.08. The van der Waals surface area contributed by atoms with Crippen molar-refractivity contribution in [3.05, 3.63) is 53.3 Å². The summed E-state index contributed by atoms with van der Waals surface area (Å²) in [6, 6.07) is 6.04. The van der Waals surface area contributed by atoms with Crippen LogP contribution in [0.2, 0.25) is 5.02 Å². The van der Waals surface area contributed by atoms with Crippen molar-refractivity contribution in [2.45, 2.75) is 32.9 Å². The summed E-state index contributed by atoms with van der Waals surface area (Å²) in [5.74, 6) is -0.399. The zero-order chi connectivity index (χ0) is 21.0. The first-order valence-corrected chi connectivity index (χ1v) is 10.4. The number of aryl methyl sites for hydroxylation is 1. The molecule has 1 fully saturated rings. The number of halogens is 2. The van der Waals surface area contributed by atoms with Gasteiger partial charge in [0.05, 0.1) is 28.3 Å². The molecular formula is C22H22ClFN6. The van der Waals surface area contributed by atoms with Crippen LogP contribution in [0.15, 0.2) is 36.8 Å². The van der Waals surface area contributed by atoms with Crippen LogP contribution in [0.5, 0.6) is 0 Å². The molecule has 0 radical (unpaired) electrons. The molecule has 0 aromatic carbocycles. The highest BCUT2D eigenvalue weighted by Crippen LogP contribution is 2.31. The average molecular weight is 425 g/mol. The Hall–Kier alpha value is -2.77. The second-order valence-electron chi connectivity index (χ2n) is 8.12. The monoisotopic (exact) mass is 424 g/mol. The summed E-state index contributed by atoms with van der Waals surface area (Å²) < 4.78 is 16.2. The summed E-state index contributed by atoms with van der Waals surface area (Å²) in [7, 11) is 0. The first-order chi connectivity index (χ1) is 14.4. The number of nitrogens with one attached hydrogen (secondary N) is 1. The van der Waals surface area contributed by atoms with Crippen LogP contribution < -0.4 is 10.2 Å². The van der Waals surface area contributed by atoms with Gasteiger partial charge in [-0.3, -0.25) is 0 Å². The van der Waals surface area contributed by atoms with Gasteiger partial charge in [0.25, 0.3) is 0 Å². The fourth-order valence-electron chi connectivity index (χ4n) is 4.23. The molecule has 0 aliphatic carbocycles. The van der Waals surface area contributed by atoms with Gasteiger partial charge in [0, 0.05) is 48.5 Å². The number of imidazole rings is 1. The van der Waals surface area contributed by atoms with E-state index in [1.54, 1.807) is 22.9 Å². The standard InChI is InChI=1S/C22H22ClFN6/c1-12-8-29(9-13(2)26-12)16-5-17-18(23)6-20(28-21(17)25-7-16)15-4-19(24)22-27-14(3)10-30(22)11-15/h4-7,10-13,26H,8-9H2,1-3H3/t12-,13+. The van der Waals surface area contributed by atoms with Crippen LogP contribution >= 0.6 is 11.6 Å². The van der Waals surface area contributed by atoms with Gasteiger partial charge in [-0.1, -0.05) is 11.6 Å². The molecule has 1 aliphatic heterocycles. The Morgan fingerprint density at radius 1 is 1.10 bits per heavy atom. The van der Waals surface area contributed by atoms with Crippen molar-refractivity contribution in [2.24, 2.45) is 0 Å². The van der Waals surface area contributed by atoms with Crippen LogP contribution in [0.3, 0.4) is 0 Å². The van der Waals surface area contributed by atoms with E-state index >= 15 is 0 Å². The van der Waals surface area contributed by atoms with Gasteiger partial charge in [-0.2, -0.15) is 0 Å². The van der Waals surface area contributed by atoms with E-state index in [0.29, 0.717) is 39.7 Å². The minimum absolute atomic E-state index is 0.297. The topological polar surface area (TPSA) is 58.4 Å². The zero-order valence-corrected chi connectivity index (χ0v) is 17.8. The Morgan fingerprint density at radius 3 is 2.63 bits per heavy atom. The molecule has 8 heteroatoms. The Kier molecular flexibility index (Phi) is 4.60. The third-order valence-corrected chi connectivity index (χ3v) is 5.76. The molecule has 0 unspecified atom stereocenters. The van der Waals surface area contributed by atoms with Crippen molar-refractivity contribution in [1.82, 2.24) is 24.7 Å². The SMILES string of the molecule is Cc1cn2cc(-c3cc(Cl)c4cc(N5C[C@@H](C)N[C@@H](C)C5)cnc4n3)cc(F)c2n1. The predicted molar refractivity (Wildman–Crippen MR) is 118 cm³/mol. The molecule has 1 aliphatic rings. The van der Waals surface area contributed by atoms with Crippen LogP contribution in [0.25, 0.3) is 27.9 Å². The largest absolute Gasteiger partial charge is 0.367 e. The van der Waals surface area contributed by atoms with E-state index in [9.17, 15) is 4.39 Å². The molecule has 0 spiro atoms. The third kappa shape index (κ3) is 3.38. The van der Waals surface area contributed by atoms with Gasteiger partial charge in [0.2, 0.25) is 0 Å². The molecule has 30 heavy (non-hydrogen) atoms. The molecule has 0 bridgehead atoms. The molecular weight excluding hydrogens is 403 g/mol. The number of pyridine rings is 3. The molecule has 2 atom stereocenters. The molecule has 0 amide bonds. The first kappa shape index (κ1) is 19.2. The summed E-state index contributed by atoms with van der Waals surface area (Å²) in [4.78, 5) is 15.7. The number of hydrogen-bond donors (Lipinski definition) is 1. The molecule has 1 N–H and O–H groups in total. The third-order valence-electron chi connectivity index (χ3n) is 5.44. The Balaban J connectivity index is 1.56. The smallest absolute Gasteiger partial charge is 0.173 e. The molecule has 5 heterocycles. The normalized spacial score (nSPS) is 19.7. The van der Waals surface area contributed by atoms with Crippen molar-refractivity contribution >= 4 is 34.0 Å². The minimum atomic E-state index is -0.399. The van der Waals surface area contributed by atoms with Crippen LogP contribution in [-0.4, -0.2) is 44.5 Å². The van der Waals surface area contributed by atoms with Crippen molar-refractivity contribution < 1.29 is 4.39 Å². The van der Waals surface area contributed by atoms with E-state index in [-0.39, 0.29) is 0 Å². The lowest BCUT2D eigenvalue weighted by atomic mass is 10.1. The summed E-state index contributed by atoms with van der Waals surface area (Å²) >= 11 is 6.62. The zero-order valence-electron chi connectivity index (χ0n) is 17.0. The van der Waals surface area contributed by atoms with E-state index in [1.807, 2.05) is 19.2 Å². The molecule has 5 rings (SSSR count). The fraction of sp³-hybridized carbons (Fsp3) is 0.318. The maximum absolute atomic E-state index is 14.5. The van der Waals surface area contributed by atoms with Gasteiger partial charge < -0.3 is 14.6 Å². The number of hydrogen-bond acceptors (Lipinski definition) is 5. The minimum Gasteiger partial charge on any atom is -0.367 e. The number of piperazine rings is 1. The van der Waals surface area contributed by atoms with Gasteiger partial charge >= 0.3 is 0 Å². The van der Waals surface area contributed by atoms with Gasteiger partial charge in [0.15, 0.2) is 17.1 Å². The number of rotatable bonds is 2. The number of anilines is 1. The van der Waals surface area contributed by atoms with E-state index in [1.165, 1.54) is 6.07 Å². The summed E-state index contributed by atoms with van der Waals surface area (Å²) in [6.07, 6.45) is 5.43. The fourth-order valence-corrected chi connectivity index (χ4v) is 4.48. The number of nitrogens with zero attached hydrogens (tertiary/aromatic N) is 5. The lowest BCUT2D eigenvalue weighted by Crippen LogP contribution is -2.54. The highest BCUT2D eigenvalue weighted by atomic mass is 35.5. The summed E-state index contributed by atoms with van der Waals surface area (Å²) in [6.45, 7) is 8.00. The van der Waals surface area contributed by atoms with Gasteiger partial charge in [-0.15, -0.1) is 0 Å². The predicted octanol–water partition coefficient (Wildman–Crippen LogP) is 4.23. The Bertz CT molecular complexity index is 1260. The second-order valence-corrected chi connectivity index (χ2v) is 8.52. The summed E-state index contributed by atoms with van der Waals surface area (Å²) in [5.41, 5.74) is 3.81. The molecule has 0 saturated carbocycles. The van der Waals surface area contributed by atoms with E-state index in [2.05, 4.69) is 39.0 Å². The van der Waals surface area contributed by atoms with Gasteiger partial charge in [-0.05, 0) is 39.0 Å². The second kappa shape index (κ2) is 7.18. The van der Waals surface area contributed by atoms with Crippen molar-refractivity contribution in [3.63, 3.8) is 0 Å². The van der Waals surface area contributed by atoms with Crippen LogP contribution in [0.1, 0.15) is 19.5 Å². The van der Waals surface area contributed by atoms with Crippen molar-refractivity contribution in [2.75, 3.05) is 18.0 Å². The molecule has 4 aromatic heterocycles. The van der Waals surface area contributed by atoms with Crippen molar-refractivity contribution in [3.8, 4) is 11.3 Å². The maximum atomic E-state index is 14.5. The molecule has 4 aromatic rings. The van der Waals surface area contributed by atoms with Gasteiger partial charge in [-0.25, -0.2) is 19.3 Å². The van der Waals surface area contributed by atoms with Crippen molar-refractivity contribution in [1.29, 1.82) is 0 Å². The lowest BCUT2D eigenvalue weighted by molar-refractivity contribution is 0.407. The quantitative estimate of drug-likeness (QED) is 0.521. The maximum Gasteiger partial charge on any atom is 0.173 e. The van der Waals surface area contributed by atoms with Crippen LogP contribution in [0.4, 0.5) is 10.1 Å². The molecule has 6 nitrogen and oxygen atoms in total. The Morgan fingerprint density at radius 2 is 1.87 bits per heavy atom. The molecule has 154 valence electrons. The first-order valence-electron chi connectivity index (χ1n) is 10.00. The lowest BCUT2D eigenvalue weighted by Gasteiger charge is -2.37. The van der Waals surface area contributed by atoms with Crippen LogP contribution in [0, 0.1) is 12.7 Å². The highest BCUT2D eigenvalue weighted by Gasteiger charge is 2.22. The van der Waals surface area contributed by atoms with E-state index < -0.39 is 5.82 Å². The van der Waals surface area contributed by atoms with Crippen LogP contribution in [-0.2, 0) is 0 Å².